The minimum atomic E-state index is -1.16. The highest BCUT2D eigenvalue weighted by atomic mass is 16.2. The molecule has 33 nitrogen and oxygen atoms in total. The fourth-order valence-corrected chi connectivity index (χ4v) is 17.7. The third-order valence-electron chi connectivity index (χ3n) is 24.5. The van der Waals surface area contributed by atoms with Gasteiger partial charge >= 0.3 is 0 Å². The molecule has 4 aliphatic heterocycles. The van der Waals surface area contributed by atoms with Crippen molar-refractivity contribution < 1.29 is 67.1 Å². The first kappa shape index (κ1) is 101. The summed E-state index contributed by atoms with van der Waals surface area (Å²) >= 11 is 0. The molecule has 706 valence electrons. The molecule has 7 aromatic carbocycles. The Morgan fingerprint density at radius 3 is 1.37 bits per heavy atom. The Balaban J connectivity index is 0.000000274. The summed E-state index contributed by atoms with van der Waals surface area (Å²) < 4.78 is 0. The van der Waals surface area contributed by atoms with E-state index in [9.17, 15) is 67.1 Å². The summed E-state index contributed by atoms with van der Waals surface area (Å²) in [6.45, 7) is 3.70. The van der Waals surface area contributed by atoms with E-state index in [4.69, 9.17) is 22.9 Å². The SMILES string of the molecule is C.CC(=O)N[C@@H](Cc1ccccc1)C(=O)N[C@H]1CCCNC(=O)[C@H](CCCN=C(N)N)CC(=O)[C@H](Cc2c[nH]c3ccccc23)NC(=O)[C@@H](Cc2ccccc2)N(C)C(=O)[C@@H]2CCCN2C1=O.CC(=O)N[C@@H](Cc1ccccc1)C(=O)N[C@H]1CCCNC(=O)[C@H](CCCN=C(N)N)CC(=O)[C@H](Cc2cccc3ccccc23)NC(=O)[C@@H](Cc2ccccc2)NC(=O)[C@@H]2CCCN2C1=O. The van der Waals surface area contributed by atoms with Gasteiger partial charge < -0.3 is 90.5 Å². The van der Waals surface area contributed by atoms with Crippen LogP contribution in [0.15, 0.2) is 204 Å². The first-order valence-corrected chi connectivity index (χ1v) is 45.5. The van der Waals surface area contributed by atoms with Gasteiger partial charge in [-0.2, -0.15) is 0 Å². The highest BCUT2D eigenvalue weighted by Gasteiger charge is 2.45. The van der Waals surface area contributed by atoms with Crippen LogP contribution in [0.4, 0.5) is 0 Å². The van der Waals surface area contributed by atoms with Crippen molar-refractivity contribution in [2.24, 2.45) is 44.8 Å². The Morgan fingerprint density at radius 1 is 0.436 bits per heavy atom. The summed E-state index contributed by atoms with van der Waals surface area (Å²) in [5.41, 5.74) is 27.8. The molecular weight excluding hydrogens is 1690 g/mol. The zero-order chi connectivity index (χ0) is 94.2. The van der Waals surface area contributed by atoms with Gasteiger partial charge in [-0.05, 0) is 127 Å². The number of aliphatic imine (C=N–C) groups is 2. The maximum absolute atomic E-state index is 14.8. The van der Waals surface area contributed by atoms with E-state index in [0.717, 1.165) is 55.1 Å². The molecule has 4 saturated heterocycles. The molecule has 133 heavy (non-hydrogen) atoms. The third kappa shape index (κ3) is 29.7. The summed E-state index contributed by atoms with van der Waals surface area (Å²) in [5.74, 6) is -8.65. The number of likely N-dealkylation sites (N-methyl/N-ethyl adjacent to an activating group) is 1. The first-order chi connectivity index (χ1) is 63.6. The zero-order valence-electron chi connectivity index (χ0n) is 75.0. The number of hydrogen-bond donors (Lipinski definition) is 14. The van der Waals surface area contributed by atoms with Crippen molar-refractivity contribution in [3.8, 4) is 0 Å². The van der Waals surface area contributed by atoms with Crippen LogP contribution >= 0.6 is 0 Å². The van der Waals surface area contributed by atoms with E-state index in [2.05, 4.69) is 62.8 Å². The van der Waals surface area contributed by atoms with Crippen LogP contribution in [0, 0.1) is 11.8 Å². The molecule has 33 heteroatoms. The van der Waals surface area contributed by atoms with E-state index in [1.165, 1.54) is 35.6 Å². The summed E-state index contributed by atoms with van der Waals surface area (Å²) in [5, 5.41) is 28.7. The lowest BCUT2D eigenvalue weighted by atomic mass is 9.89. The fourth-order valence-electron chi connectivity index (χ4n) is 17.7. The predicted molar refractivity (Wildman–Crippen MR) is 508 cm³/mol. The number of benzene rings is 7. The molecule has 18 N–H and O–H groups in total. The maximum atomic E-state index is 14.8. The molecule has 0 unspecified atom stereocenters. The number of H-pyrrole nitrogens is 1. The summed E-state index contributed by atoms with van der Waals surface area (Å²) in [6, 6.07) is 47.1. The number of fused-ring (bicyclic) bond motifs is 4. The van der Waals surface area contributed by atoms with Gasteiger partial charge in [-0.1, -0.05) is 189 Å². The second-order valence-corrected chi connectivity index (χ2v) is 34.3. The number of carbonyl (C=O) groups is 14. The van der Waals surface area contributed by atoms with Gasteiger partial charge in [0.2, 0.25) is 70.9 Å². The zero-order valence-corrected chi connectivity index (χ0v) is 75.0. The highest BCUT2D eigenvalue weighted by Crippen LogP contribution is 2.29. The standard InChI is InChI=1S/C50H61N9O7.C49H62N10O7.CH4/c1-32(60)55-41(28-33-14-4-2-5-15-33)46(63)56-39-23-12-25-53-45(62)37(21-11-26-54-50(51)52)31-44(61)40(30-36-20-10-19-35-18-8-9-22-38(35)36)57-47(64)42(29-34-16-6-3-7-17-34)58-48(65)43-24-13-27-59(43)49(39)66;1-31(60)55-40(26-32-14-5-3-6-15-32)45(63)56-38-21-12-23-52-44(62)34(18-11-24-53-49(50)51)29-43(61)39(28-35-30-54-37-20-10-9-19-36(35)37)57-46(64)42(27-33-16-7-4-8-17-33)58(2)48(66)41-22-13-25-59(41)47(38)65;/h2-10,14-20,22,37,39-43H,11-13,21,23-31H2,1H3,(H,53,62)(H,55,60)(H,56,63)(H,57,64)(H,58,65)(H4,51,52,54);3-10,14-17,19-20,30,34,38-42,54H,11-13,18,21-29H2,1-2H3,(H,52,62)(H,55,60)(H,56,63)(H,57,64)(H4,50,51,53);1H4/t37-,39+,40+,41+,42-,43+;34-,38+,39+,40+,41+,42-;/m11./s1. The molecule has 5 heterocycles. The average molecular weight is 1820 g/mol. The summed E-state index contributed by atoms with van der Waals surface area (Å²) in [4.78, 5) is 213. The van der Waals surface area contributed by atoms with Crippen molar-refractivity contribution in [1.29, 1.82) is 0 Å². The van der Waals surface area contributed by atoms with Crippen molar-refractivity contribution in [2.75, 3.05) is 46.3 Å². The van der Waals surface area contributed by atoms with E-state index in [1.54, 1.807) is 6.20 Å². The molecule has 0 radical (unpaired) electrons. The number of Topliss-reactive ketones (excluding diaryl/α,β-unsaturated/α-hetero) is 2. The molecule has 8 aromatic rings. The van der Waals surface area contributed by atoms with Gasteiger partial charge in [0.25, 0.3) is 0 Å². The molecule has 12 atom stereocenters. The quantitative estimate of drug-likeness (QED) is 0.0192. The molecule has 4 fully saturated rings. The molecule has 0 spiro atoms. The normalized spacial score (nSPS) is 21.5. The number of ketones is 2. The van der Waals surface area contributed by atoms with Crippen LogP contribution in [0.5, 0.6) is 0 Å². The molecule has 4 aliphatic rings. The van der Waals surface area contributed by atoms with Crippen LogP contribution < -0.4 is 70.8 Å². The Labute approximate surface area is 775 Å². The topological polar surface area (TPSA) is 502 Å². The van der Waals surface area contributed by atoms with Gasteiger partial charge in [0.1, 0.15) is 48.3 Å². The Hall–Kier alpha value is -14.1. The lowest BCUT2D eigenvalue weighted by Gasteiger charge is -2.35. The van der Waals surface area contributed by atoms with Gasteiger partial charge in [-0.3, -0.25) is 77.1 Å². The van der Waals surface area contributed by atoms with E-state index in [-0.39, 0.29) is 160 Å². The highest BCUT2D eigenvalue weighted by molar-refractivity contribution is 6.01. The Kier molecular flexibility index (Phi) is 38.2. The molecular formula is C100H127N19O14. The van der Waals surface area contributed by atoms with Crippen molar-refractivity contribution in [3.05, 3.63) is 228 Å². The molecule has 0 saturated carbocycles. The summed E-state index contributed by atoms with van der Waals surface area (Å²) in [6.07, 6.45) is 5.60. The number of para-hydroxylation sites is 1. The molecule has 12 rings (SSSR count). The maximum Gasteiger partial charge on any atom is 0.245 e. The van der Waals surface area contributed by atoms with Crippen molar-refractivity contribution in [3.63, 3.8) is 0 Å². The molecule has 1 aromatic heterocycles. The van der Waals surface area contributed by atoms with Crippen LogP contribution in [-0.4, -0.2) is 221 Å². The number of rotatable bonds is 26. The monoisotopic (exact) mass is 1820 g/mol. The number of nitrogens with one attached hydrogen (secondary N) is 10. The first-order valence-electron chi connectivity index (χ1n) is 45.5. The van der Waals surface area contributed by atoms with Crippen LogP contribution in [0.2, 0.25) is 0 Å². The largest absolute Gasteiger partial charge is 0.370 e. The van der Waals surface area contributed by atoms with Gasteiger partial charge in [-0.25, -0.2) is 0 Å². The lowest BCUT2D eigenvalue weighted by molar-refractivity contribution is -0.148. The number of aromatic nitrogens is 1. The van der Waals surface area contributed by atoms with Crippen molar-refractivity contribution in [2.45, 2.75) is 210 Å². The van der Waals surface area contributed by atoms with E-state index in [0.29, 0.717) is 38.5 Å². The predicted octanol–water partition coefficient (Wildman–Crippen LogP) is 5.02. The van der Waals surface area contributed by atoms with Gasteiger partial charge in [0.05, 0.1) is 12.1 Å². The minimum absolute atomic E-state index is 0. The third-order valence-corrected chi connectivity index (χ3v) is 24.5. The summed E-state index contributed by atoms with van der Waals surface area (Å²) in [7, 11) is 1.53. The van der Waals surface area contributed by atoms with Gasteiger partial charge in [0.15, 0.2) is 23.5 Å². The van der Waals surface area contributed by atoms with Crippen molar-refractivity contribution in [1.82, 2.24) is 67.5 Å². The lowest BCUT2D eigenvalue weighted by Crippen LogP contribution is -2.59. The number of hydrogen-bond acceptors (Lipinski definition) is 16. The van der Waals surface area contributed by atoms with E-state index < -0.39 is 143 Å². The second-order valence-electron chi connectivity index (χ2n) is 34.3. The van der Waals surface area contributed by atoms with Gasteiger partial charge in [-0.15, -0.1) is 0 Å². The molecule has 0 aliphatic carbocycles. The van der Waals surface area contributed by atoms with Crippen LogP contribution in [-0.2, 0) is 106 Å². The number of guanidine groups is 2. The van der Waals surface area contributed by atoms with E-state index in [1.807, 2.05) is 188 Å². The van der Waals surface area contributed by atoms with Gasteiger partial charge in [0, 0.05) is 140 Å². The number of nitrogens with zero attached hydrogens (tertiary/aromatic N) is 5. The number of amides is 12. The molecule has 12 amide bonds. The number of aromatic amines is 1. The van der Waals surface area contributed by atoms with Crippen molar-refractivity contribution >= 4 is 116 Å². The Morgan fingerprint density at radius 2 is 0.865 bits per heavy atom. The van der Waals surface area contributed by atoms with Crippen LogP contribution in [0.1, 0.15) is 145 Å². The van der Waals surface area contributed by atoms with Crippen LogP contribution in [0.25, 0.3) is 21.7 Å². The minimum Gasteiger partial charge on any atom is -0.370 e. The second kappa shape index (κ2) is 50.3. The smallest absolute Gasteiger partial charge is 0.245 e. The van der Waals surface area contributed by atoms with Crippen LogP contribution in [0.3, 0.4) is 0 Å². The fraction of sp³-hybridized carbons (Fsp3) is 0.420. The number of nitrogens with two attached hydrogens (primary N) is 4. The average Bonchev–Trinajstić information content (AvgIpc) is 1.77. The number of carbonyl (C=O) groups excluding carboxylic acids is 14. The Bertz CT molecular complexity index is 5400. The molecule has 0 bridgehead atoms. The van der Waals surface area contributed by atoms with E-state index >= 15 is 0 Å².